The molecule has 1 unspecified atom stereocenters. The Bertz CT molecular complexity index is 813. The van der Waals surface area contributed by atoms with Crippen LogP contribution in [0.1, 0.15) is 22.8 Å². The second kappa shape index (κ2) is 6.07. The van der Waals surface area contributed by atoms with Gasteiger partial charge in [-0.3, -0.25) is 0 Å². The minimum absolute atomic E-state index is 0.625. The van der Waals surface area contributed by atoms with E-state index in [-0.39, 0.29) is 0 Å². The van der Waals surface area contributed by atoms with Crippen LogP contribution in [0.15, 0.2) is 59.1 Å². The van der Waals surface area contributed by atoms with Gasteiger partial charge in [0.1, 0.15) is 6.10 Å². The Kier molecular flexibility index (Phi) is 4.33. The molecule has 3 aromatic rings. The van der Waals surface area contributed by atoms with Gasteiger partial charge < -0.3 is 5.11 Å². The molecule has 0 fully saturated rings. The van der Waals surface area contributed by atoms with Crippen LogP contribution in [-0.2, 0) is 0 Å². The van der Waals surface area contributed by atoms with Gasteiger partial charge in [-0.25, -0.2) is 0 Å². The molecule has 0 aliphatic rings. The van der Waals surface area contributed by atoms with Crippen LogP contribution in [-0.4, -0.2) is 5.11 Å². The van der Waals surface area contributed by atoms with Crippen LogP contribution in [0.3, 0.4) is 0 Å². The summed E-state index contributed by atoms with van der Waals surface area (Å²) in [6, 6.07) is 18.3. The predicted octanol–water partition coefficient (Wildman–Crippen LogP) is 5.60. The third-order valence-electron chi connectivity index (χ3n) is 3.72. The smallest absolute Gasteiger partial charge is 0.106 e. The molecule has 0 bridgehead atoms. The van der Waals surface area contributed by atoms with Crippen LogP contribution < -0.4 is 0 Å². The fourth-order valence-corrected chi connectivity index (χ4v) is 3.61. The van der Waals surface area contributed by atoms with E-state index in [4.69, 9.17) is 0 Å². The van der Waals surface area contributed by atoms with Crippen molar-refractivity contribution in [1.29, 1.82) is 0 Å². The Labute approximate surface area is 146 Å². The molecule has 0 aliphatic heterocycles. The number of aliphatic hydroxyl groups is 1. The van der Waals surface area contributed by atoms with Crippen molar-refractivity contribution in [2.45, 2.75) is 13.0 Å². The highest BCUT2D eigenvalue weighted by molar-refractivity contribution is 14.1. The Morgan fingerprint density at radius 3 is 2.43 bits per heavy atom. The predicted molar refractivity (Wildman–Crippen MR) is 99.6 cm³/mol. The summed E-state index contributed by atoms with van der Waals surface area (Å²) >= 11 is 5.75. The molecule has 0 amide bonds. The molecular weight excluding hydrogens is 439 g/mol. The van der Waals surface area contributed by atoms with E-state index in [1.165, 1.54) is 10.9 Å². The number of hydrogen-bond donors (Lipinski definition) is 1. The number of halogens is 2. The van der Waals surface area contributed by atoms with Gasteiger partial charge in [0, 0.05) is 8.04 Å². The monoisotopic (exact) mass is 452 g/mol. The maximum atomic E-state index is 10.9. The van der Waals surface area contributed by atoms with E-state index in [1.807, 2.05) is 36.4 Å². The van der Waals surface area contributed by atoms with Crippen LogP contribution in [0.2, 0.25) is 0 Å². The molecule has 106 valence electrons. The normalized spacial score (nSPS) is 12.6. The number of hydrogen-bond acceptors (Lipinski definition) is 1. The van der Waals surface area contributed by atoms with E-state index in [0.717, 1.165) is 24.6 Å². The van der Waals surface area contributed by atoms with Gasteiger partial charge in [-0.1, -0.05) is 52.3 Å². The lowest BCUT2D eigenvalue weighted by Gasteiger charge is -2.17. The van der Waals surface area contributed by atoms with E-state index in [2.05, 4.69) is 63.6 Å². The summed E-state index contributed by atoms with van der Waals surface area (Å²) in [4.78, 5) is 0. The highest BCUT2D eigenvalue weighted by Crippen LogP contribution is 2.33. The van der Waals surface area contributed by atoms with Crippen molar-refractivity contribution in [3.05, 3.63) is 79.3 Å². The van der Waals surface area contributed by atoms with E-state index >= 15 is 0 Å². The molecule has 1 atom stereocenters. The molecule has 3 aromatic carbocycles. The Morgan fingerprint density at radius 2 is 1.67 bits per heavy atom. The largest absolute Gasteiger partial charge is 0.384 e. The molecule has 0 spiro atoms. The summed E-state index contributed by atoms with van der Waals surface area (Å²) < 4.78 is 2.04. The van der Waals surface area contributed by atoms with Gasteiger partial charge in [0.25, 0.3) is 0 Å². The Morgan fingerprint density at radius 1 is 0.952 bits per heavy atom. The van der Waals surface area contributed by atoms with Crippen molar-refractivity contribution in [3.63, 3.8) is 0 Å². The summed E-state index contributed by atoms with van der Waals surface area (Å²) in [5.41, 5.74) is 3.11. The highest BCUT2D eigenvalue weighted by atomic mass is 127. The topological polar surface area (TPSA) is 20.2 Å². The minimum atomic E-state index is -0.625. The summed E-state index contributed by atoms with van der Waals surface area (Å²) in [6.07, 6.45) is -0.625. The van der Waals surface area contributed by atoms with Crippen molar-refractivity contribution in [2.24, 2.45) is 0 Å². The lowest BCUT2D eigenvalue weighted by atomic mass is 9.94. The SMILES string of the molecule is Cc1ccc(C(O)c2cc(Br)ccc2I)c2ccccc12. The molecule has 21 heavy (non-hydrogen) atoms. The van der Waals surface area contributed by atoms with Crippen molar-refractivity contribution in [2.75, 3.05) is 0 Å². The number of benzene rings is 3. The quantitative estimate of drug-likeness (QED) is 0.502. The van der Waals surface area contributed by atoms with Crippen LogP contribution in [0.4, 0.5) is 0 Å². The molecule has 0 saturated heterocycles. The third-order valence-corrected chi connectivity index (χ3v) is 5.20. The molecule has 0 aliphatic carbocycles. The average Bonchev–Trinajstić information content (AvgIpc) is 2.50. The van der Waals surface area contributed by atoms with Crippen LogP contribution >= 0.6 is 38.5 Å². The third kappa shape index (κ3) is 2.87. The standard InChI is InChI=1S/C18H14BrIO/c1-11-6-8-15(14-5-3-2-4-13(11)14)18(21)16-10-12(19)7-9-17(16)20/h2-10,18,21H,1H3. The Balaban J connectivity index is 2.20. The van der Waals surface area contributed by atoms with Crippen molar-refractivity contribution < 1.29 is 5.11 Å². The van der Waals surface area contributed by atoms with E-state index in [1.54, 1.807) is 0 Å². The first-order valence-corrected chi connectivity index (χ1v) is 8.56. The van der Waals surface area contributed by atoms with Gasteiger partial charge >= 0.3 is 0 Å². The lowest BCUT2D eigenvalue weighted by molar-refractivity contribution is 0.221. The van der Waals surface area contributed by atoms with Crippen LogP contribution in [0.5, 0.6) is 0 Å². The molecule has 0 aromatic heterocycles. The zero-order chi connectivity index (χ0) is 15.0. The van der Waals surface area contributed by atoms with Gasteiger partial charge in [0.2, 0.25) is 0 Å². The maximum Gasteiger partial charge on any atom is 0.106 e. The van der Waals surface area contributed by atoms with Gasteiger partial charge in [-0.15, -0.1) is 0 Å². The summed E-state index contributed by atoms with van der Waals surface area (Å²) in [7, 11) is 0. The zero-order valence-electron chi connectivity index (χ0n) is 11.5. The van der Waals surface area contributed by atoms with E-state index in [9.17, 15) is 5.11 Å². The van der Waals surface area contributed by atoms with E-state index in [0.29, 0.717) is 0 Å². The van der Waals surface area contributed by atoms with Crippen molar-refractivity contribution >= 4 is 49.3 Å². The number of aliphatic hydroxyl groups excluding tert-OH is 1. The van der Waals surface area contributed by atoms with Crippen LogP contribution in [0.25, 0.3) is 10.8 Å². The van der Waals surface area contributed by atoms with Crippen molar-refractivity contribution in [3.8, 4) is 0 Å². The maximum absolute atomic E-state index is 10.9. The molecule has 1 nitrogen and oxygen atoms in total. The van der Waals surface area contributed by atoms with Gasteiger partial charge in [-0.05, 0) is 75.2 Å². The molecule has 0 radical (unpaired) electrons. The van der Waals surface area contributed by atoms with Crippen molar-refractivity contribution in [1.82, 2.24) is 0 Å². The first-order valence-electron chi connectivity index (χ1n) is 6.69. The molecule has 3 rings (SSSR count). The zero-order valence-corrected chi connectivity index (χ0v) is 15.2. The summed E-state index contributed by atoms with van der Waals surface area (Å²) in [5, 5.41) is 13.2. The van der Waals surface area contributed by atoms with Gasteiger partial charge in [-0.2, -0.15) is 0 Å². The molecule has 0 saturated carbocycles. The first kappa shape index (κ1) is 15.0. The first-order chi connectivity index (χ1) is 10.1. The minimum Gasteiger partial charge on any atom is -0.384 e. The molecular formula is C18H14BrIO. The molecule has 0 heterocycles. The van der Waals surface area contributed by atoms with Gasteiger partial charge in [0.15, 0.2) is 0 Å². The summed E-state index contributed by atoms with van der Waals surface area (Å²) in [5.74, 6) is 0. The lowest BCUT2D eigenvalue weighted by Crippen LogP contribution is -2.03. The second-order valence-corrected chi connectivity index (χ2v) is 7.16. The Hall–Kier alpha value is -0.910. The molecule has 3 heteroatoms. The fourth-order valence-electron chi connectivity index (χ4n) is 2.60. The fraction of sp³-hybridized carbons (Fsp3) is 0.111. The van der Waals surface area contributed by atoms with E-state index < -0.39 is 6.10 Å². The second-order valence-electron chi connectivity index (χ2n) is 5.09. The number of aryl methyl sites for hydroxylation is 1. The summed E-state index contributed by atoms with van der Waals surface area (Å²) in [6.45, 7) is 2.10. The number of rotatable bonds is 2. The highest BCUT2D eigenvalue weighted by Gasteiger charge is 2.17. The van der Waals surface area contributed by atoms with Crippen LogP contribution in [0, 0.1) is 10.5 Å². The number of fused-ring (bicyclic) bond motifs is 1. The van der Waals surface area contributed by atoms with Gasteiger partial charge in [0.05, 0.1) is 0 Å². The average molecular weight is 453 g/mol. The molecule has 1 N–H and O–H groups in total.